The minimum absolute atomic E-state index is 0.0201. The first kappa shape index (κ1) is 11.7. The van der Waals surface area contributed by atoms with E-state index in [0.717, 1.165) is 17.1 Å². The molecule has 1 heterocycles. The molecule has 1 aromatic carbocycles. The summed E-state index contributed by atoms with van der Waals surface area (Å²) in [7, 11) is 0. The first-order chi connectivity index (χ1) is 8.31. The minimum Gasteiger partial charge on any atom is -0.486 e. The number of nitrogens with zero attached hydrogens (tertiary/aromatic N) is 1. The van der Waals surface area contributed by atoms with Gasteiger partial charge in [0.15, 0.2) is 11.5 Å². The van der Waals surface area contributed by atoms with E-state index in [4.69, 9.17) is 14.7 Å². The number of para-hydroxylation sites is 1. The third-order valence-electron chi connectivity index (χ3n) is 2.63. The molecule has 1 N–H and O–H groups in total. The van der Waals surface area contributed by atoms with E-state index in [1.807, 2.05) is 25.1 Å². The largest absolute Gasteiger partial charge is 0.486 e. The SMILES string of the molecule is CC(C#N)CNCc1cccc2c1OCCO2. The summed E-state index contributed by atoms with van der Waals surface area (Å²) in [5.74, 6) is 1.66. The van der Waals surface area contributed by atoms with Crippen molar-refractivity contribution in [3.63, 3.8) is 0 Å². The molecule has 0 saturated carbocycles. The number of hydrogen-bond donors (Lipinski definition) is 1. The minimum atomic E-state index is 0.0201. The molecule has 0 bridgehead atoms. The molecule has 0 saturated heterocycles. The van der Waals surface area contributed by atoms with E-state index < -0.39 is 0 Å². The molecular weight excluding hydrogens is 216 g/mol. The Morgan fingerprint density at radius 2 is 2.24 bits per heavy atom. The van der Waals surface area contributed by atoms with Crippen molar-refractivity contribution >= 4 is 0 Å². The van der Waals surface area contributed by atoms with Crippen molar-refractivity contribution < 1.29 is 9.47 Å². The highest BCUT2D eigenvalue weighted by Gasteiger charge is 2.15. The molecule has 0 amide bonds. The lowest BCUT2D eigenvalue weighted by Crippen LogP contribution is -2.22. The number of benzene rings is 1. The summed E-state index contributed by atoms with van der Waals surface area (Å²) in [6, 6.07) is 8.08. The monoisotopic (exact) mass is 232 g/mol. The van der Waals surface area contributed by atoms with Gasteiger partial charge in [-0.3, -0.25) is 0 Å². The Morgan fingerprint density at radius 1 is 1.41 bits per heavy atom. The zero-order valence-corrected chi connectivity index (χ0v) is 9.90. The van der Waals surface area contributed by atoms with Gasteiger partial charge >= 0.3 is 0 Å². The van der Waals surface area contributed by atoms with Gasteiger partial charge in [0.05, 0.1) is 12.0 Å². The van der Waals surface area contributed by atoms with Crippen molar-refractivity contribution in [2.24, 2.45) is 5.92 Å². The number of fused-ring (bicyclic) bond motifs is 1. The van der Waals surface area contributed by atoms with E-state index in [0.29, 0.717) is 26.3 Å². The number of nitriles is 1. The second kappa shape index (κ2) is 5.55. The van der Waals surface area contributed by atoms with Crippen LogP contribution in [-0.4, -0.2) is 19.8 Å². The molecule has 17 heavy (non-hydrogen) atoms. The van der Waals surface area contributed by atoms with Crippen molar-refractivity contribution in [1.29, 1.82) is 5.26 Å². The topological polar surface area (TPSA) is 54.3 Å². The molecule has 1 unspecified atom stereocenters. The molecule has 1 aliphatic heterocycles. The summed E-state index contributed by atoms with van der Waals surface area (Å²) in [4.78, 5) is 0. The number of hydrogen-bond acceptors (Lipinski definition) is 4. The molecular formula is C13H16N2O2. The number of ether oxygens (including phenoxy) is 2. The molecule has 1 aliphatic rings. The molecule has 0 aliphatic carbocycles. The lowest BCUT2D eigenvalue weighted by Gasteiger charge is -2.21. The normalized spacial score (nSPS) is 15.1. The molecule has 2 rings (SSSR count). The van der Waals surface area contributed by atoms with E-state index in [-0.39, 0.29) is 5.92 Å². The van der Waals surface area contributed by atoms with Gasteiger partial charge in [-0.05, 0) is 13.0 Å². The predicted octanol–water partition coefficient (Wildman–Crippen LogP) is 1.71. The average Bonchev–Trinajstić information content (AvgIpc) is 2.39. The first-order valence-corrected chi connectivity index (χ1v) is 5.79. The van der Waals surface area contributed by atoms with Gasteiger partial charge in [0.2, 0.25) is 0 Å². The Balaban J connectivity index is 1.99. The van der Waals surface area contributed by atoms with Gasteiger partial charge in [0.25, 0.3) is 0 Å². The zero-order valence-electron chi connectivity index (χ0n) is 9.90. The smallest absolute Gasteiger partial charge is 0.165 e. The Kier molecular flexibility index (Phi) is 3.84. The molecule has 4 nitrogen and oxygen atoms in total. The second-order valence-corrected chi connectivity index (χ2v) is 4.10. The quantitative estimate of drug-likeness (QED) is 0.858. The molecule has 0 spiro atoms. The Morgan fingerprint density at radius 3 is 3.06 bits per heavy atom. The van der Waals surface area contributed by atoms with E-state index in [9.17, 15) is 0 Å². The second-order valence-electron chi connectivity index (χ2n) is 4.10. The zero-order chi connectivity index (χ0) is 12.1. The third kappa shape index (κ3) is 2.89. The van der Waals surface area contributed by atoms with Gasteiger partial charge in [0.1, 0.15) is 13.2 Å². The van der Waals surface area contributed by atoms with E-state index in [1.165, 1.54) is 0 Å². The highest BCUT2D eigenvalue weighted by atomic mass is 16.6. The lowest BCUT2D eigenvalue weighted by molar-refractivity contribution is 0.169. The van der Waals surface area contributed by atoms with Crippen LogP contribution in [0.2, 0.25) is 0 Å². The van der Waals surface area contributed by atoms with Crippen LogP contribution < -0.4 is 14.8 Å². The summed E-state index contributed by atoms with van der Waals surface area (Å²) < 4.78 is 11.1. The van der Waals surface area contributed by atoms with Crippen LogP contribution >= 0.6 is 0 Å². The lowest BCUT2D eigenvalue weighted by atomic mass is 10.1. The van der Waals surface area contributed by atoms with Crippen LogP contribution in [-0.2, 0) is 6.54 Å². The van der Waals surface area contributed by atoms with Crippen molar-refractivity contribution in [3.05, 3.63) is 23.8 Å². The van der Waals surface area contributed by atoms with Gasteiger partial charge in [-0.1, -0.05) is 12.1 Å². The predicted molar refractivity (Wildman–Crippen MR) is 63.9 cm³/mol. The molecule has 0 radical (unpaired) electrons. The number of nitrogens with one attached hydrogen (secondary N) is 1. The molecule has 0 aromatic heterocycles. The van der Waals surface area contributed by atoms with Crippen LogP contribution in [0.3, 0.4) is 0 Å². The van der Waals surface area contributed by atoms with Crippen molar-refractivity contribution in [2.75, 3.05) is 19.8 Å². The fourth-order valence-electron chi connectivity index (χ4n) is 1.74. The fourth-order valence-corrected chi connectivity index (χ4v) is 1.74. The van der Waals surface area contributed by atoms with Crippen LogP contribution in [0.1, 0.15) is 12.5 Å². The number of rotatable bonds is 4. The maximum atomic E-state index is 8.69. The molecule has 1 atom stereocenters. The van der Waals surface area contributed by atoms with E-state index >= 15 is 0 Å². The van der Waals surface area contributed by atoms with Crippen LogP contribution in [0.15, 0.2) is 18.2 Å². The highest BCUT2D eigenvalue weighted by Crippen LogP contribution is 2.33. The van der Waals surface area contributed by atoms with Crippen LogP contribution in [0, 0.1) is 17.2 Å². The Bertz CT molecular complexity index is 426. The van der Waals surface area contributed by atoms with Crippen LogP contribution in [0.25, 0.3) is 0 Å². The molecule has 90 valence electrons. The average molecular weight is 232 g/mol. The van der Waals surface area contributed by atoms with Crippen molar-refractivity contribution in [2.45, 2.75) is 13.5 Å². The fraction of sp³-hybridized carbons (Fsp3) is 0.462. The summed E-state index contributed by atoms with van der Waals surface area (Å²) in [6.45, 7) is 4.47. The Labute approximate surface area is 101 Å². The van der Waals surface area contributed by atoms with Crippen LogP contribution in [0.4, 0.5) is 0 Å². The van der Waals surface area contributed by atoms with Crippen molar-refractivity contribution in [1.82, 2.24) is 5.32 Å². The Hall–Kier alpha value is -1.73. The van der Waals surface area contributed by atoms with Gasteiger partial charge in [0, 0.05) is 18.7 Å². The van der Waals surface area contributed by atoms with Gasteiger partial charge in [-0.25, -0.2) is 0 Å². The maximum absolute atomic E-state index is 8.69. The molecule has 0 fully saturated rings. The first-order valence-electron chi connectivity index (χ1n) is 5.79. The molecule has 1 aromatic rings. The van der Waals surface area contributed by atoms with Gasteiger partial charge in [-0.15, -0.1) is 0 Å². The summed E-state index contributed by atoms with van der Waals surface area (Å²) in [5.41, 5.74) is 1.08. The van der Waals surface area contributed by atoms with Gasteiger partial charge < -0.3 is 14.8 Å². The summed E-state index contributed by atoms with van der Waals surface area (Å²) >= 11 is 0. The van der Waals surface area contributed by atoms with E-state index in [1.54, 1.807) is 0 Å². The standard InChI is InChI=1S/C13H16N2O2/c1-10(7-14)8-15-9-11-3-2-4-12-13(11)17-6-5-16-12/h2-4,10,15H,5-6,8-9H2,1H3. The summed E-state index contributed by atoms with van der Waals surface area (Å²) in [5, 5.41) is 11.9. The molecule has 4 heteroatoms. The summed E-state index contributed by atoms with van der Waals surface area (Å²) in [6.07, 6.45) is 0. The van der Waals surface area contributed by atoms with E-state index in [2.05, 4.69) is 11.4 Å². The maximum Gasteiger partial charge on any atom is 0.165 e. The van der Waals surface area contributed by atoms with Crippen molar-refractivity contribution in [3.8, 4) is 17.6 Å². The van der Waals surface area contributed by atoms with Gasteiger partial charge in [-0.2, -0.15) is 5.26 Å². The highest BCUT2D eigenvalue weighted by molar-refractivity contribution is 5.47. The van der Waals surface area contributed by atoms with Crippen LogP contribution in [0.5, 0.6) is 11.5 Å². The third-order valence-corrected chi connectivity index (χ3v) is 2.63.